The van der Waals surface area contributed by atoms with Crippen molar-refractivity contribution in [2.45, 2.75) is 38.4 Å². The molecule has 0 saturated carbocycles. The van der Waals surface area contributed by atoms with Gasteiger partial charge in [-0.3, -0.25) is 19.2 Å². The Kier molecular flexibility index (Phi) is 10.8. The first-order valence-electron chi connectivity index (χ1n) is 7.69. The van der Waals surface area contributed by atoms with Gasteiger partial charge < -0.3 is 31.9 Å². The number of aliphatic carboxylic acids is 1. The van der Waals surface area contributed by atoms with E-state index in [2.05, 4.69) is 28.6 Å². The molecule has 144 valence electrons. The number of carbonyl (C=O) groups is 4. The van der Waals surface area contributed by atoms with Crippen molar-refractivity contribution in [1.82, 2.24) is 16.0 Å². The zero-order valence-electron chi connectivity index (χ0n) is 14.2. The summed E-state index contributed by atoms with van der Waals surface area (Å²) in [6, 6.07) is -3.19. The van der Waals surface area contributed by atoms with Crippen LogP contribution in [0.4, 0.5) is 0 Å². The summed E-state index contributed by atoms with van der Waals surface area (Å²) < 4.78 is 0. The Morgan fingerprint density at radius 1 is 1.04 bits per heavy atom. The van der Waals surface area contributed by atoms with Crippen LogP contribution in [0.15, 0.2) is 0 Å². The minimum absolute atomic E-state index is 0.0525. The second-order valence-corrected chi connectivity index (χ2v) is 6.20. The molecule has 0 aliphatic rings. The number of hydrogen-bond donors (Lipinski definition) is 7. The van der Waals surface area contributed by atoms with Gasteiger partial charge in [0.25, 0.3) is 0 Å². The van der Waals surface area contributed by atoms with E-state index >= 15 is 0 Å². The van der Waals surface area contributed by atoms with E-state index in [4.69, 9.17) is 10.8 Å². The lowest BCUT2D eigenvalue weighted by Crippen LogP contribution is -2.57. The van der Waals surface area contributed by atoms with Crippen LogP contribution in [-0.2, 0) is 19.2 Å². The Labute approximate surface area is 151 Å². The fraction of sp³-hybridized carbons (Fsp3) is 0.714. The van der Waals surface area contributed by atoms with E-state index in [-0.39, 0.29) is 18.1 Å². The summed E-state index contributed by atoms with van der Waals surface area (Å²) in [5, 5.41) is 24.6. The molecule has 11 heteroatoms. The number of carboxylic acid groups (broad SMARTS) is 1. The van der Waals surface area contributed by atoms with Crippen LogP contribution in [0.3, 0.4) is 0 Å². The predicted molar refractivity (Wildman–Crippen MR) is 92.9 cm³/mol. The molecule has 7 N–H and O–H groups in total. The highest BCUT2D eigenvalue weighted by molar-refractivity contribution is 7.80. The summed E-state index contributed by atoms with van der Waals surface area (Å²) in [6.45, 7) is 2.31. The van der Waals surface area contributed by atoms with Crippen LogP contribution < -0.4 is 21.7 Å². The third-order valence-electron chi connectivity index (χ3n) is 3.10. The molecule has 3 amide bonds. The third kappa shape index (κ3) is 9.27. The fourth-order valence-corrected chi connectivity index (χ4v) is 1.98. The lowest BCUT2D eigenvalue weighted by molar-refractivity contribution is -0.139. The Bertz CT molecular complexity index is 488. The number of rotatable bonds is 11. The highest BCUT2D eigenvalue weighted by Crippen LogP contribution is 2.06. The minimum atomic E-state index is -1.34. The molecule has 0 aliphatic carbocycles. The molecule has 25 heavy (non-hydrogen) atoms. The topological polar surface area (TPSA) is 171 Å². The molecule has 0 heterocycles. The Morgan fingerprint density at radius 2 is 1.60 bits per heavy atom. The van der Waals surface area contributed by atoms with Crippen LogP contribution in [0.2, 0.25) is 0 Å². The highest BCUT2D eigenvalue weighted by atomic mass is 32.1. The molecular formula is C14H26N4O6S. The van der Waals surface area contributed by atoms with Crippen LogP contribution in [-0.4, -0.2) is 70.9 Å². The normalized spacial score (nSPS) is 14.3. The maximum atomic E-state index is 12.3. The Balaban J connectivity index is 4.94. The first-order valence-corrected chi connectivity index (χ1v) is 8.33. The smallest absolute Gasteiger partial charge is 0.322 e. The van der Waals surface area contributed by atoms with Crippen molar-refractivity contribution < 1.29 is 29.4 Å². The van der Waals surface area contributed by atoms with Gasteiger partial charge in [0.05, 0.1) is 12.6 Å². The van der Waals surface area contributed by atoms with E-state index in [1.807, 2.05) is 13.8 Å². The van der Waals surface area contributed by atoms with Crippen LogP contribution in [0.25, 0.3) is 0 Å². The van der Waals surface area contributed by atoms with Gasteiger partial charge in [-0.1, -0.05) is 13.8 Å². The second-order valence-electron chi connectivity index (χ2n) is 5.84. The molecule has 0 fully saturated rings. The lowest BCUT2D eigenvalue weighted by Gasteiger charge is -2.24. The molecule has 10 nitrogen and oxygen atoms in total. The van der Waals surface area contributed by atoms with Crippen molar-refractivity contribution in [1.29, 1.82) is 0 Å². The number of carbonyl (C=O) groups excluding carboxylic acids is 3. The van der Waals surface area contributed by atoms with Crippen LogP contribution in [0, 0.1) is 5.92 Å². The maximum absolute atomic E-state index is 12.3. The molecule has 0 saturated heterocycles. The Morgan fingerprint density at radius 3 is 2.04 bits per heavy atom. The van der Waals surface area contributed by atoms with Crippen molar-refractivity contribution in [2.24, 2.45) is 11.7 Å². The molecule has 0 aromatic carbocycles. The third-order valence-corrected chi connectivity index (χ3v) is 3.50. The average Bonchev–Trinajstić information content (AvgIpc) is 2.55. The second kappa shape index (κ2) is 11.7. The van der Waals surface area contributed by atoms with E-state index in [0.717, 1.165) is 0 Å². The standard InChI is InChI=1S/C14H26N4O6S/c1-7(2)3-9(17-12(22)8(15)6-25)14(24)18-10(5-19)13(23)16-4-11(20)21/h7-10,19,25H,3-6,15H2,1-2H3,(H,16,23)(H,17,22)(H,18,24)(H,20,21). The van der Waals surface area contributed by atoms with Gasteiger partial charge in [-0.25, -0.2) is 0 Å². The van der Waals surface area contributed by atoms with E-state index in [9.17, 15) is 24.3 Å². The molecule has 0 rings (SSSR count). The minimum Gasteiger partial charge on any atom is -0.480 e. The van der Waals surface area contributed by atoms with Gasteiger partial charge in [-0.2, -0.15) is 12.6 Å². The average molecular weight is 378 g/mol. The van der Waals surface area contributed by atoms with E-state index in [0.29, 0.717) is 0 Å². The zero-order chi connectivity index (χ0) is 19.6. The fourth-order valence-electron chi connectivity index (χ4n) is 1.82. The summed E-state index contributed by atoms with van der Waals surface area (Å²) in [5.41, 5.74) is 5.56. The summed E-state index contributed by atoms with van der Waals surface area (Å²) >= 11 is 3.92. The predicted octanol–water partition coefficient (Wildman–Crippen LogP) is -2.55. The van der Waals surface area contributed by atoms with Gasteiger partial charge in [0.1, 0.15) is 18.6 Å². The number of carboxylic acids is 1. The van der Waals surface area contributed by atoms with Gasteiger partial charge in [0.15, 0.2) is 0 Å². The van der Waals surface area contributed by atoms with Crippen molar-refractivity contribution >= 4 is 36.3 Å². The van der Waals surface area contributed by atoms with Crippen LogP contribution in [0.5, 0.6) is 0 Å². The van der Waals surface area contributed by atoms with E-state index < -0.39 is 55.0 Å². The summed E-state index contributed by atoms with van der Waals surface area (Å²) in [4.78, 5) is 46.4. The van der Waals surface area contributed by atoms with Crippen molar-refractivity contribution in [3.8, 4) is 0 Å². The summed E-state index contributed by atoms with van der Waals surface area (Å²) in [7, 11) is 0. The van der Waals surface area contributed by atoms with E-state index in [1.165, 1.54) is 0 Å². The van der Waals surface area contributed by atoms with Crippen molar-refractivity contribution in [3.05, 3.63) is 0 Å². The van der Waals surface area contributed by atoms with Gasteiger partial charge >= 0.3 is 5.97 Å². The number of amides is 3. The maximum Gasteiger partial charge on any atom is 0.322 e. The molecule has 0 aromatic rings. The number of aliphatic hydroxyl groups excluding tert-OH is 1. The number of thiol groups is 1. The van der Waals surface area contributed by atoms with Gasteiger partial charge in [-0.15, -0.1) is 0 Å². The molecule has 0 spiro atoms. The molecule has 3 unspecified atom stereocenters. The van der Waals surface area contributed by atoms with Crippen molar-refractivity contribution in [2.75, 3.05) is 18.9 Å². The van der Waals surface area contributed by atoms with Crippen LogP contribution in [0.1, 0.15) is 20.3 Å². The first kappa shape index (κ1) is 23.1. The van der Waals surface area contributed by atoms with Gasteiger partial charge in [0.2, 0.25) is 17.7 Å². The highest BCUT2D eigenvalue weighted by Gasteiger charge is 2.28. The largest absolute Gasteiger partial charge is 0.480 e. The van der Waals surface area contributed by atoms with Crippen LogP contribution >= 0.6 is 12.6 Å². The molecule has 0 aliphatic heterocycles. The Hall–Kier alpha value is -1.85. The number of hydrogen-bond acceptors (Lipinski definition) is 7. The summed E-state index contributed by atoms with van der Waals surface area (Å²) in [6.07, 6.45) is 0.283. The lowest BCUT2D eigenvalue weighted by atomic mass is 10.0. The SMILES string of the molecule is CC(C)CC(NC(=O)C(N)CS)C(=O)NC(CO)C(=O)NCC(=O)O. The first-order chi connectivity index (χ1) is 11.6. The van der Waals surface area contributed by atoms with Crippen molar-refractivity contribution in [3.63, 3.8) is 0 Å². The zero-order valence-corrected chi connectivity index (χ0v) is 15.1. The number of nitrogens with two attached hydrogens (primary N) is 1. The summed E-state index contributed by atoms with van der Waals surface area (Å²) in [5.74, 6) is -3.21. The molecular weight excluding hydrogens is 352 g/mol. The molecule has 0 aromatic heterocycles. The molecule has 0 bridgehead atoms. The molecule has 3 atom stereocenters. The van der Waals surface area contributed by atoms with Gasteiger partial charge in [-0.05, 0) is 12.3 Å². The quantitative estimate of drug-likeness (QED) is 0.194. The van der Waals surface area contributed by atoms with E-state index in [1.54, 1.807) is 0 Å². The molecule has 0 radical (unpaired) electrons. The van der Waals surface area contributed by atoms with Gasteiger partial charge in [0, 0.05) is 5.75 Å². The number of aliphatic hydroxyl groups is 1. The monoisotopic (exact) mass is 378 g/mol. The number of nitrogens with one attached hydrogen (secondary N) is 3.